The van der Waals surface area contributed by atoms with Gasteiger partial charge < -0.3 is 4.90 Å². The lowest BCUT2D eigenvalue weighted by Crippen LogP contribution is -2.47. The van der Waals surface area contributed by atoms with Crippen LogP contribution in [0.2, 0.25) is 0 Å². The highest BCUT2D eigenvalue weighted by Gasteiger charge is 2.28. The van der Waals surface area contributed by atoms with E-state index in [4.69, 9.17) is 11.6 Å². The molecule has 1 aliphatic rings. The van der Waals surface area contributed by atoms with Gasteiger partial charge >= 0.3 is 0 Å². The summed E-state index contributed by atoms with van der Waals surface area (Å²) in [5, 5.41) is 0. The average Bonchev–Trinajstić information content (AvgIpc) is 2.26. The first kappa shape index (κ1) is 13.6. The van der Waals surface area contributed by atoms with Gasteiger partial charge in [0.1, 0.15) is 5.82 Å². The van der Waals surface area contributed by atoms with Crippen LogP contribution in [0.3, 0.4) is 0 Å². The van der Waals surface area contributed by atoms with Gasteiger partial charge in [-0.3, -0.25) is 0 Å². The van der Waals surface area contributed by atoms with E-state index in [2.05, 4.69) is 0 Å². The molecule has 0 bridgehead atoms. The Bertz CT molecular complexity index is 547. The van der Waals surface area contributed by atoms with Crippen LogP contribution < -0.4 is 4.90 Å². The molecule has 0 spiro atoms. The number of hydrogen-bond donors (Lipinski definition) is 0. The highest BCUT2D eigenvalue weighted by Crippen LogP contribution is 2.24. The smallest absolute Gasteiger partial charge is 0.154 e. The predicted molar refractivity (Wildman–Crippen MR) is 71.4 cm³/mol. The molecule has 1 fully saturated rings. The van der Waals surface area contributed by atoms with Crippen molar-refractivity contribution in [2.24, 2.45) is 0 Å². The number of sulfone groups is 1. The molecule has 6 heteroatoms. The van der Waals surface area contributed by atoms with Crippen LogP contribution in [0.15, 0.2) is 18.2 Å². The summed E-state index contributed by atoms with van der Waals surface area (Å²) in [7, 11) is -2.96. The lowest BCUT2D eigenvalue weighted by Gasteiger charge is -2.35. The van der Waals surface area contributed by atoms with E-state index >= 15 is 0 Å². The number of benzene rings is 1. The van der Waals surface area contributed by atoms with Crippen molar-refractivity contribution in [2.75, 3.05) is 23.0 Å². The Labute approximate surface area is 111 Å². The van der Waals surface area contributed by atoms with Crippen LogP contribution in [0, 0.1) is 5.82 Å². The van der Waals surface area contributed by atoms with Crippen molar-refractivity contribution in [3.05, 3.63) is 29.6 Å². The summed E-state index contributed by atoms with van der Waals surface area (Å²) in [6, 6.07) is 4.48. The normalized spacial score (nSPS) is 23.1. The van der Waals surface area contributed by atoms with Crippen molar-refractivity contribution in [1.29, 1.82) is 0 Å². The summed E-state index contributed by atoms with van der Waals surface area (Å²) in [5.74, 6) is 0.124. The van der Waals surface area contributed by atoms with Gasteiger partial charge in [0.15, 0.2) is 9.84 Å². The standard InChI is InChI=1S/C12H15ClFNO2S/c1-9-8-18(16,17)3-2-15(9)12-5-10(7-13)4-11(14)6-12/h4-6,9H,2-3,7-8H2,1H3. The monoisotopic (exact) mass is 291 g/mol. The van der Waals surface area contributed by atoms with Gasteiger partial charge in [-0.15, -0.1) is 11.6 Å². The maximum Gasteiger partial charge on any atom is 0.154 e. The largest absolute Gasteiger partial charge is 0.367 e. The minimum Gasteiger partial charge on any atom is -0.367 e. The summed E-state index contributed by atoms with van der Waals surface area (Å²) in [6.45, 7) is 2.23. The van der Waals surface area contributed by atoms with Crippen LogP contribution in [0.1, 0.15) is 12.5 Å². The van der Waals surface area contributed by atoms with Crippen molar-refractivity contribution < 1.29 is 12.8 Å². The van der Waals surface area contributed by atoms with Gasteiger partial charge in [-0.25, -0.2) is 12.8 Å². The first-order chi connectivity index (χ1) is 8.41. The molecule has 0 aliphatic carbocycles. The van der Waals surface area contributed by atoms with E-state index in [1.807, 2.05) is 17.9 Å². The summed E-state index contributed by atoms with van der Waals surface area (Å²) < 4.78 is 36.5. The highest BCUT2D eigenvalue weighted by atomic mass is 35.5. The van der Waals surface area contributed by atoms with E-state index in [-0.39, 0.29) is 29.2 Å². The minimum atomic E-state index is -2.96. The van der Waals surface area contributed by atoms with E-state index in [0.29, 0.717) is 17.8 Å². The lowest BCUT2D eigenvalue weighted by molar-refractivity contribution is 0.567. The molecule has 1 aromatic rings. The summed E-state index contributed by atoms with van der Waals surface area (Å²) >= 11 is 5.71. The van der Waals surface area contributed by atoms with Crippen LogP contribution in [0.25, 0.3) is 0 Å². The first-order valence-corrected chi connectivity index (χ1v) is 8.09. The molecule has 1 saturated heterocycles. The van der Waals surface area contributed by atoms with Crippen LogP contribution in [0.4, 0.5) is 10.1 Å². The molecule has 3 nitrogen and oxygen atoms in total. The van der Waals surface area contributed by atoms with Crippen LogP contribution in [-0.4, -0.2) is 32.5 Å². The summed E-state index contributed by atoms with van der Waals surface area (Å²) in [5.41, 5.74) is 1.40. The Kier molecular flexibility index (Phi) is 3.82. The van der Waals surface area contributed by atoms with E-state index in [1.165, 1.54) is 12.1 Å². The molecule has 100 valence electrons. The molecule has 1 aromatic carbocycles. The number of alkyl halides is 1. The van der Waals surface area contributed by atoms with E-state index in [9.17, 15) is 12.8 Å². The zero-order valence-corrected chi connectivity index (χ0v) is 11.6. The van der Waals surface area contributed by atoms with Gasteiger partial charge in [0.05, 0.1) is 11.5 Å². The first-order valence-electron chi connectivity index (χ1n) is 5.74. The molecule has 1 aliphatic heterocycles. The Morgan fingerprint density at radius 1 is 1.44 bits per heavy atom. The van der Waals surface area contributed by atoms with Crippen molar-refractivity contribution in [3.63, 3.8) is 0 Å². The van der Waals surface area contributed by atoms with Crippen molar-refractivity contribution in [3.8, 4) is 0 Å². The molecule has 2 rings (SSSR count). The fraction of sp³-hybridized carbons (Fsp3) is 0.500. The second kappa shape index (κ2) is 5.05. The predicted octanol–water partition coefficient (Wildman–Crippen LogP) is 2.19. The van der Waals surface area contributed by atoms with Gasteiger partial charge in [-0.2, -0.15) is 0 Å². The third-order valence-electron chi connectivity index (χ3n) is 3.10. The average molecular weight is 292 g/mol. The van der Waals surface area contributed by atoms with Gasteiger partial charge in [-0.1, -0.05) is 0 Å². The Morgan fingerprint density at radius 2 is 2.17 bits per heavy atom. The maximum absolute atomic E-state index is 13.4. The van der Waals surface area contributed by atoms with Crippen LogP contribution in [-0.2, 0) is 15.7 Å². The number of hydrogen-bond acceptors (Lipinski definition) is 3. The fourth-order valence-corrected chi connectivity index (χ4v) is 3.97. The Morgan fingerprint density at radius 3 is 2.78 bits per heavy atom. The minimum absolute atomic E-state index is 0.111. The molecule has 0 amide bonds. The maximum atomic E-state index is 13.4. The SMILES string of the molecule is CC1CS(=O)(=O)CCN1c1cc(F)cc(CCl)c1. The molecule has 1 unspecified atom stereocenters. The van der Waals surface area contributed by atoms with E-state index < -0.39 is 9.84 Å². The third-order valence-corrected chi connectivity index (χ3v) is 5.20. The third kappa shape index (κ3) is 2.95. The Hall–Kier alpha value is -0.810. The second-order valence-electron chi connectivity index (χ2n) is 4.61. The fourth-order valence-electron chi connectivity index (χ4n) is 2.26. The molecule has 0 saturated carbocycles. The highest BCUT2D eigenvalue weighted by molar-refractivity contribution is 7.91. The molecule has 0 N–H and O–H groups in total. The van der Waals surface area contributed by atoms with E-state index in [1.54, 1.807) is 0 Å². The molecule has 1 heterocycles. The van der Waals surface area contributed by atoms with Crippen molar-refractivity contribution in [1.82, 2.24) is 0 Å². The van der Waals surface area contributed by atoms with Crippen molar-refractivity contribution in [2.45, 2.75) is 18.8 Å². The Balaban J connectivity index is 2.29. The van der Waals surface area contributed by atoms with E-state index in [0.717, 1.165) is 0 Å². The van der Waals surface area contributed by atoms with Gasteiger partial charge in [0.2, 0.25) is 0 Å². The van der Waals surface area contributed by atoms with Gasteiger partial charge in [0, 0.05) is 24.2 Å². The molecule has 1 atom stereocenters. The summed E-state index contributed by atoms with van der Waals surface area (Å²) in [4.78, 5) is 1.92. The molecule has 0 radical (unpaired) electrons. The molecular formula is C12H15ClFNO2S. The van der Waals surface area contributed by atoms with Gasteiger partial charge in [0.25, 0.3) is 0 Å². The van der Waals surface area contributed by atoms with Crippen LogP contribution >= 0.6 is 11.6 Å². The molecule has 0 aromatic heterocycles. The topological polar surface area (TPSA) is 37.4 Å². The molecular weight excluding hydrogens is 277 g/mol. The van der Waals surface area contributed by atoms with Gasteiger partial charge in [-0.05, 0) is 30.7 Å². The number of halogens is 2. The molecule has 18 heavy (non-hydrogen) atoms. The zero-order valence-electron chi connectivity index (χ0n) is 10.1. The number of anilines is 1. The zero-order chi connectivity index (χ0) is 13.3. The second-order valence-corrected chi connectivity index (χ2v) is 7.10. The lowest BCUT2D eigenvalue weighted by atomic mass is 10.1. The quantitative estimate of drug-likeness (QED) is 0.784. The number of rotatable bonds is 2. The number of nitrogens with zero attached hydrogens (tertiary/aromatic N) is 1. The summed E-state index contributed by atoms with van der Waals surface area (Å²) in [6.07, 6.45) is 0. The van der Waals surface area contributed by atoms with Crippen molar-refractivity contribution >= 4 is 27.1 Å². The van der Waals surface area contributed by atoms with Crippen LogP contribution in [0.5, 0.6) is 0 Å².